The Morgan fingerprint density at radius 2 is 1.85 bits per heavy atom. The van der Waals surface area contributed by atoms with Crippen LogP contribution >= 0.6 is 0 Å². The number of piperazine rings is 1. The predicted octanol–water partition coefficient (Wildman–Crippen LogP) is 1.52. The second-order valence-electron chi connectivity index (χ2n) is 7.57. The van der Waals surface area contributed by atoms with Crippen LogP contribution in [-0.2, 0) is 14.8 Å². The van der Waals surface area contributed by atoms with Gasteiger partial charge < -0.3 is 10.2 Å². The largest absolute Gasteiger partial charge is 0.340 e. The zero-order chi connectivity index (χ0) is 18.9. The smallest absolute Gasteiger partial charge is 0.243 e. The Morgan fingerprint density at radius 3 is 2.50 bits per heavy atom. The molecule has 144 valence electrons. The molecule has 0 bridgehead atoms. The van der Waals surface area contributed by atoms with Crippen LogP contribution in [0.25, 0.3) is 0 Å². The van der Waals surface area contributed by atoms with E-state index in [9.17, 15) is 13.2 Å². The minimum atomic E-state index is -3.51. The number of nitrogens with one attached hydrogen (secondary N) is 1. The molecule has 0 spiro atoms. The van der Waals surface area contributed by atoms with Gasteiger partial charge in [0.2, 0.25) is 15.9 Å². The third-order valence-corrected chi connectivity index (χ3v) is 7.53. The van der Waals surface area contributed by atoms with Crippen LogP contribution in [0.1, 0.15) is 30.9 Å². The van der Waals surface area contributed by atoms with E-state index in [0.29, 0.717) is 37.1 Å². The monoisotopic (exact) mass is 379 g/mol. The molecule has 0 saturated carbocycles. The number of hydrogen-bond acceptors (Lipinski definition) is 4. The molecule has 1 amide bonds. The number of carbonyl (C=O) groups is 1. The van der Waals surface area contributed by atoms with Gasteiger partial charge >= 0.3 is 0 Å². The lowest BCUT2D eigenvalue weighted by Crippen LogP contribution is -2.53. The number of carbonyl (C=O) groups excluding carboxylic acids is 1. The molecular formula is C19H29N3O3S. The number of amides is 1. The number of sulfonamides is 1. The first-order valence-corrected chi connectivity index (χ1v) is 10.8. The van der Waals surface area contributed by atoms with Crippen molar-refractivity contribution in [1.82, 2.24) is 14.5 Å². The van der Waals surface area contributed by atoms with E-state index in [1.54, 1.807) is 6.07 Å². The molecule has 2 fully saturated rings. The van der Waals surface area contributed by atoms with Crippen LogP contribution in [0.4, 0.5) is 0 Å². The highest BCUT2D eigenvalue weighted by Gasteiger charge is 2.34. The van der Waals surface area contributed by atoms with E-state index in [4.69, 9.17) is 0 Å². The van der Waals surface area contributed by atoms with E-state index in [1.807, 2.05) is 30.9 Å². The Bertz CT molecular complexity index is 770. The average Bonchev–Trinajstić information content (AvgIpc) is 2.63. The van der Waals surface area contributed by atoms with Crippen LogP contribution < -0.4 is 5.32 Å². The van der Waals surface area contributed by atoms with Crippen LogP contribution in [0, 0.1) is 19.8 Å². The predicted molar refractivity (Wildman–Crippen MR) is 101 cm³/mol. The van der Waals surface area contributed by atoms with Gasteiger partial charge in [0.05, 0.1) is 4.90 Å². The summed E-state index contributed by atoms with van der Waals surface area (Å²) in [6.07, 6.45) is 1.73. The molecule has 2 saturated heterocycles. The quantitative estimate of drug-likeness (QED) is 0.865. The SMILES string of the molecule is Cc1ccc(C)c(S(=O)(=O)N2CCN(C(=O)[C@H]3CCN[C@@H](C)C3)CC2)c1. The summed E-state index contributed by atoms with van der Waals surface area (Å²) in [5.74, 6) is 0.246. The van der Waals surface area contributed by atoms with Gasteiger partial charge in [0.15, 0.2) is 0 Å². The molecule has 1 N–H and O–H groups in total. The number of nitrogens with zero attached hydrogens (tertiary/aromatic N) is 2. The Labute approximate surface area is 156 Å². The summed E-state index contributed by atoms with van der Waals surface area (Å²) in [5.41, 5.74) is 1.70. The maximum absolute atomic E-state index is 13.0. The van der Waals surface area contributed by atoms with Crippen molar-refractivity contribution in [3.63, 3.8) is 0 Å². The summed E-state index contributed by atoms with van der Waals surface area (Å²) in [6, 6.07) is 5.87. The van der Waals surface area contributed by atoms with Gasteiger partial charge in [-0.1, -0.05) is 12.1 Å². The van der Waals surface area contributed by atoms with Crippen molar-refractivity contribution in [3.05, 3.63) is 29.3 Å². The summed E-state index contributed by atoms with van der Waals surface area (Å²) in [7, 11) is -3.51. The van der Waals surface area contributed by atoms with Gasteiger partial charge in [-0.25, -0.2) is 8.42 Å². The van der Waals surface area contributed by atoms with Gasteiger partial charge in [-0.2, -0.15) is 4.31 Å². The fourth-order valence-corrected chi connectivity index (χ4v) is 5.62. The van der Waals surface area contributed by atoms with Crippen molar-refractivity contribution in [1.29, 1.82) is 0 Å². The first kappa shape index (κ1) is 19.3. The first-order valence-electron chi connectivity index (χ1n) is 9.38. The van der Waals surface area contributed by atoms with Gasteiger partial charge in [0.25, 0.3) is 0 Å². The van der Waals surface area contributed by atoms with Crippen LogP contribution in [0.2, 0.25) is 0 Å². The molecule has 2 atom stereocenters. The van der Waals surface area contributed by atoms with Gasteiger partial charge in [-0.3, -0.25) is 4.79 Å². The second kappa shape index (κ2) is 7.66. The van der Waals surface area contributed by atoms with Crippen molar-refractivity contribution in [2.75, 3.05) is 32.7 Å². The van der Waals surface area contributed by atoms with Crippen molar-refractivity contribution in [2.45, 2.75) is 44.6 Å². The number of aryl methyl sites for hydroxylation is 2. The van der Waals surface area contributed by atoms with Gasteiger partial charge in [-0.05, 0) is 57.4 Å². The fraction of sp³-hybridized carbons (Fsp3) is 0.632. The maximum atomic E-state index is 13.0. The zero-order valence-corrected chi connectivity index (χ0v) is 16.7. The average molecular weight is 380 g/mol. The number of hydrogen-bond donors (Lipinski definition) is 1. The van der Waals surface area contributed by atoms with Crippen LogP contribution in [0.15, 0.2) is 23.1 Å². The summed E-state index contributed by atoms with van der Waals surface area (Å²) >= 11 is 0. The highest BCUT2D eigenvalue weighted by molar-refractivity contribution is 7.89. The molecular weight excluding hydrogens is 350 g/mol. The molecule has 6 nitrogen and oxygen atoms in total. The van der Waals surface area contributed by atoms with E-state index in [1.165, 1.54) is 4.31 Å². The van der Waals surface area contributed by atoms with Crippen molar-refractivity contribution < 1.29 is 13.2 Å². The molecule has 0 aromatic heterocycles. The van der Waals surface area contributed by atoms with Crippen molar-refractivity contribution in [2.24, 2.45) is 5.92 Å². The number of benzene rings is 1. The highest BCUT2D eigenvalue weighted by Crippen LogP contribution is 2.24. The standard InChI is InChI=1S/C19H29N3O3S/c1-14-4-5-15(2)18(12-14)26(24,25)22-10-8-21(9-11-22)19(23)17-6-7-20-16(3)13-17/h4-5,12,16-17,20H,6-11,13H2,1-3H3/t16-,17-/m0/s1. The second-order valence-corrected chi connectivity index (χ2v) is 9.48. The van der Waals surface area contributed by atoms with E-state index in [-0.39, 0.29) is 11.8 Å². The van der Waals surface area contributed by atoms with E-state index < -0.39 is 10.0 Å². The minimum absolute atomic E-state index is 0.0634. The molecule has 0 unspecified atom stereocenters. The first-order chi connectivity index (χ1) is 12.3. The summed E-state index contributed by atoms with van der Waals surface area (Å²) in [5, 5.41) is 3.37. The third kappa shape index (κ3) is 3.94. The molecule has 26 heavy (non-hydrogen) atoms. The minimum Gasteiger partial charge on any atom is -0.340 e. The van der Waals surface area contributed by atoms with Crippen molar-refractivity contribution in [3.8, 4) is 0 Å². The normalized spacial score (nSPS) is 25.3. The molecule has 2 aliphatic rings. The summed E-state index contributed by atoms with van der Waals surface area (Å²) in [4.78, 5) is 15.0. The Hall–Kier alpha value is -1.44. The van der Waals surface area contributed by atoms with Gasteiger partial charge in [-0.15, -0.1) is 0 Å². The Balaban J connectivity index is 1.66. The molecule has 7 heteroatoms. The lowest BCUT2D eigenvalue weighted by molar-refractivity contribution is -0.137. The van der Waals surface area contributed by atoms with Crippen LogP contribution in [-0.4, -0.2) is 62.3 Å². The zero-order valence-electron chi connectivity index (χ0n) is 15.9. The molecule has 0 aliphatic carbocycles. The number of rotatable bonds is 3. The molecule has 2 heterocycles. The Kier molecular flexibility index (Phi) is 5.69. The topological polar surface area (TPSA) is 69.7 Å². The van der Waals surface area contributed by atoms with E-state index in [0.717, 1.165) is 30.5 Å². The summed E-state index contributed by atoms with van der Waals surface area (Å²) in [6.45, 7) is 8.37. The molecule has 1 aromatic rings. The summed E-state index contributed by atoms with van der Waals surface area (Å²) < 4.78 is 27.5. The van der Waals surface area contributed by atoms with Gasteiger partial charge in [0, 0.05) is 38.1 Å². The van der Waals surface area contributed by atoms with E-state index >= 15 is 0 Å². The van der Waals surface area contributed by atoms with E-state index in [2.05, 4.69) is 12.2 Å². The Morgan fingerprint density at radius 1 is 1.15 bits per heavy atom. The van der Waals surface area contributed by atoms with Crippen LogP contribution in [0.3, 0.4) is 0 Å². The maximum Gasteiger partial charge on any atom is 0.243 e. The highest BCUT2D eigenvalue weighted by atomic mass is 32.2. The third-order valence-electron chi connectivity index (χ3n) is 5.48. The molecule has 1 aromatic carbocycles. The molecule has 3 rings (SSSR count). The van der Waals surface area contributed by atoms with Crippen molar-refractivity contribution >= 4 is 15.9 Å². The molecule has 2 aliphatic heterocycles. The van der Waals surface area contributed by atoms with Crippen LogP contribution in [0.5, 0.6) is 0 Å². The fourth-order valence-electron chi connectivity index (χ4n) is 3.89. The lowest BCUT2D eigenvalue weighted by Gasteiger charge is -2.37. The lowest BCUT2D eigenvalue weighted by atomic mass is 9.92. The molecule has 0 radical (unpaired) electrons. The number of piperidine rings is 1. The van der Waals surface area contributed by atoms with Gasteiger partial charge in [0.1, 0.15) is 0 Å².